The van der Waals surface area contributed by atoms with E-state index < -0.39 is 0 Å². The second kappa shape index (κ2) is 4.09. The quantitative estimate of drug-likeness (QED) is 0.672. The largest absolute Gasteiger partial charge is 0.508 e. The van der Waals surface area contributed by atoms with E-state index in [1.807, 2.05) is 19.1 Å². The fraction of sp³-hybridized carbons (Fsp3) is 0.333. The number of rotatable bonds is 3. The normalized spacial score (nSPS) is 12.8. The molecule has 3 nitrogen and oxygen atoms in total. The standard InChI is InChI=1S/C9H13NO2/c1-7(10-12-2)8-3-5-9(11)6-4-8/h3-7,10-11H,1-2H3. The number of hydrogen-bond acceptors (Lipinski definition) is 3. The highest BCUT2D eigenvalue weighted by atomic mass is 16.6. The maximum absolute atomic E-state index is 9.02. The van der Waals surface area contributed by atoms with Gasteiger partial charge in [0.15, 0.2) is 0 Å². The van der Waals surface area contributed by atoms with Gasteiger partial charge in [-0.25, -0.2) is 0 Å². The van der Waals surface area contributed by atoms with Gasteiger partial charge in [0, 0.05) is 0 Å². The predicted molar refractivity (Wildman–Crippen MR) is 46.7 cm³/mol. The predicted octanol–water partition coefficient (Wildman–Crippen LogP) is 1.60. The Kier molecular flexibility index (Phi) is 3.08. The lowest BCUT2D eigenvalue weighted by molar-refractivity contribution is 0.0658. The molecule has 3 heteroatoms. The molecule has 0 fully saturated rings. The van der Waals surface area contributed by atoms with Crippen molar-refractivity contribution < 1.29 is 9.94 Å². The van der Waals surface area contributed by atoms with Crippen molar-refractivity contribution in [2.45, 2.75) is 13.0 Å². The zero-order chi connectivity index (χ0) is 8.97. The lowest BCUT2D eigenvalue weighted by Gasteiger charge is -2.11. The van der Waals surface area contributed by atoms with E-state index in [1.165, 1.54) is 0 Å². The molecule has 0 aliphatic carbocycles. The Morgan fingerprint density at radius 2 is 1.92 bits per heavy atom. The number of aromatic hydroxyl groups is 1. The molecule has 0 aliphatic rings. The van der Waals surface area contributed by atoms with E-state index >= 15 is 0 Å². The molecule has 1 atom stereocenters. The molecule has 0 saturated heterocycles. The highest BCUT2D eigenvalue weighted by molar-refractivity contribution is 5.27. The summed E-state index contributed by atoms with van der Waals surface area (Å²) in [5, 5.41) is 9.02. The van der Waals surface area contributed by atoms with Crippen LogP contribution in [0.2, 0.25) is 0 Å². The average Bonchev–Trinajstić information content (AvgIpc) is 2.06. The first kappa shape index (κ1) is 9.03. The number of phenols is 1. The zero-order valence-electron chi connectivity index (χ0n) is 7.24. The van der Waals surface area contributed by atoms with Crippen LogP contribution in [0.15, 0.2) is 24.3 Å². The van der Waals surface area contributed by atoms with Crippen molar-refractivity contribution in [1.29, 1.82) is 0 Å². The Morgan fingerprint density at radius 1 is 1.33 bits per heavy atom. The molecule has 0 aliphatic heterocycles. The van der Waals surface area contributed by atoms with E-state index in [-0.39, 0.29) is 11.8 Å². The van der Waals surface area contributed by atoms with E-state index in [2.05, 4.69) is 5.48 Å². The van der Waals surface area contributed by atoms with Crippen LogP contribution in [0.25, 0.3) is 0 Å². The second-order valence-electron chi connectivity index (χ2n) is 2.64. The SMILES string of the molecule is CONC(C)c1ccc(O)cc1. The molecular formula is C9H13NO2. The first-order chi connectivity index (χ1) is 5.74. The third kappa shape index (κ3) is 2.22. The van der Waals surface area contributed by atoms with Gasteiger partial charge in [-0.3, -0.25) is 0 Å². The van der Waals surface area contributed by atoms with Crippen LogP contribution in [-0.4, -0.2) is 12.2 Å². The lowest BCUT2D eigenvalue weighted by Crippen LogP contribution is -2.16. The summed E-state index contributed by atoms with van der Waals surface area (Å²) in [7, 11) is 1.58. The van der Waals surface area contributed by atoms with Gasteiger partial charge in [-0.15, -0.1) is 0 Å². The summed E-state index contributed by atoms with van der Waals surface area (Å²) < 4.78 is 0. The van der Waals surface area contributed by atoms with Crippen LogP contribution in [0.5, 0.6) is 5.75 Å². The fourth-order valence-corrected chi connectivity index (χ4v) is 1.01. The summed E-state index contributed by atoms with van der Waals surface area (Å²) >= 11 is 0. The van der Waals surface area contributed by atoms with Crippen LogP contribution in [0.3, 0.4) is 0 Å². The summed E-state index contributed by atoms with van der Waals surface area (Å²) in [6, 6.07) is 7.15. The van der Waals surface area contributed by atoms with Crippen LogP contribution in [-0.2, 0) is 4.84 Å². The Hall–Kier alpha value is -1.06. The van der Waals surface area contributed by atoms with Crippen molar-refractivity contribution >= 4 is 0 Å². The number of phenolic OH excluding ortho intramolecular Hbond substituents is 1. The molecule has 0 heterocycles. The number of benzene rings is 1. The third-order valence-electron chi connectivity index (χ3n) is 1.69. The molecule has 0 amide bonds. The van der Waals surface area contributed by atoms with Crippen LogP contribution in [0.4, 0.5) is 0 Å². The van der Waals surface area contributed by atoms with Gasteiger partial charge < -0.3 is 9.94 Å². The van der Waals surface area contributed by atoms with Crippen molar-refractivity contribution in [3.8, 4) is 5.75 Å². The molecule has 1 unspecified atom stereocenters. The first-order valence-corrected chi connectivity index (χ1v) is 3.81. The Bertz CT molecular complexity index is 233. The molecule has 0 bridgehead atoms. The monoisotopic (exact) mass is 167 g/mol. The maximum Gasteiger partial charge on any atom is 0.115 e. The fourth-order valence-electron chi connectivity index (χ4n) is 1.01. The van der Waals surface area contributed by atoms with Gasteiger partial charge in [-0.05, 0) is 24.6 Å². The molecule has 2 N–H and O–H groups in total. The van der Waals surface area contributed by atoms with Crippen molar-refractivity contribution in [1.82, 2.24) is 5.48 Å². The third-order valence-corrected chi connectivity index (χ3v) is 1.69. The van der Waals surface area contributed by atoms with E-state index in [0.29, 0.717) is 0 Å². The van der Waals surface area contributed by atoms with E-state index in [4.69, 9.17) is 9.94 Å². The van der Waals surface area contributed by atoms with Crippen LogP contribution < -0.4 is 5.48 Å². The lowest BCUT2D eigenvalue weighted by atomic mass is 10.1. The number of hydrogen-bond donors (Lipinski definition) is 2. The van der Waals surface area contributed by atoms with Crippen molar-refractivity contribution in [2.24, 2.45) is 0 Å². The Balaban J connectivity index is 2.68. The minimum atomic E-state index is 0.135. The summed E-state index contributed by atoms with van der Waals surface area (Å²) in [5.74, 6) is 0.281. The van der Waals surface area contributed by atoms with Gasteiger partial charge in [-0.2, -0.15) is 5.48 Å². The maximum atomic E-state index is 9.02. The second-order valence-corrected chi connectivity index (χ2v) is 2.64. The zero-order valence-corrected chi connectivity index (χ0v) is 7.24. The number of nitrogens with one attached hydrogen (secondary N) is 1. The van der Waals surface area contributed by atoms with Gasteiger partial charge in [0.1, 0.15) is 5.75 Å². The van der Waals surface area contributed by atoms with Gasteiger partial charge in [0.05, 0.1) is 13.2 Å². The molecule has 0 aromatic heterocycles. The molecule has 0 saturated carbocycles. The van der Waals surface area contributed by atoms with Gasteiger partial charge >= 0.3 is 0 Å². The highest BCUT2D eigenvalue weighted by Gasteiger charge is 2.02. The minimum absolute atomic E-state index is 0.135. The first-order valence-electron chi connectivity index (χ1n) is 3.81. The molecule has 66 valence electrons. The van der Waals surface area contributed by atoms with E-state index in [1.54, 1.807) is 19.2 Å². The summed E-state index contributed by atoms with van der Waals surface area (Å²) in [4.78, 5) is 4.78. The summed E-state index contributed by atoms with van der Waals surface area (Å²) in [5.41, 5.74) is 3.88. The molecule has 12 heavy (non-hydrogen) atoms. The molecular weight excluding hydrogens is 154 g/mol. The van der Waals surface area contributed by atoms with Gasteiger partial charge in [-0.1, -0.05) is 12.1 Å². The Morgan fingerprint density at radius 3 is 2.42 bits per heavy atom. The molecule has 1 aromatic carbocycles. The Labute approximate surface area is 71.9 Å². The molecule has 0 spiro atoms. The molecule has 1 rings (SSSR count). The van der Waals surface area contributed by atoms with Crippen LogP contribution >= 0.6 is 0 Å². The van der Waals surface area contributed by atoms with Crippen molar-refractivity contribution in [3.05, 3.63) is 29.8 Å². The molecule has 0 radical (unpaired) electrons. The average molecular weight is 167 g/mol. The topological polar surface area (TPSA) is 41.5 Å². The summed E-state index contributed by atoms with van der Waals surface area (Å²) in [6.45, 7) is 1.98. The van der Waals surface area contributed by atoms with Gasteiger partial charge in [0.2, 0.25) is 0 Å². The minimum Gasteiger partial charge on any atom is -0.508 e. The number of hydroxylamine groups is 1. The smallest absolute Gasteiger partial charge is 0.115 e. The van der Waals surface area contributed by atoms with Crippen LogP contribution in [0.1, 0.15) is 18.5 Å². The molecule has 1 aromatic rings. The van der Waals surface area contributed by atoms with Crippen LogP contribution in [0, 0.1) is 0 Å². The van der Waals surface area contributed by atoms with Crippen molar-refractivity contribution in [2.75, 3.05) is 7.11 Å². The van der Waals surface area contributed by atoms with Crippen molar-refractivity contribution in [3.63, 3.8) is 0 Å². The highest BCUT2D eigenvalue weighted by Crippen LogP contribution is 2.15. The van der Waals surface area contributed by atoms with Gasteiger partial charge in [0.25, 0.3) is 0 Å². The van der Waals surface area contributed by atoms with E-state index in [9.17, 15) is 0 Å². The summed E-state index contributed by atoms with van der Waals surface area (Å²) in [6.07, 6.45) is 0. The van der Waals surface area contributed by atoms with E-state index in [0.717, 1.165) is 5.56 Å².